The monoisotopic (exact) mass is 385 g/mol. The van der Waals surface area contributed by atoms with Crippen LogP contribution in [0.3, 0.4) is 0 Å². The maximum Gasteiger partial charge on any atom is 0.142 e. The van der Waals surface area contributed by atoms with Crippen LogP contribution in [0.2, 0.25) is 5.02 Å². The fraction of sp³-hybridized carbons (Fsp3) is 0.409. The van der Waals surface area contributed by atoms with Crippen molar-refractivity contribution in [3.63, 3.8) is 0 Å². The van der Waals surface area contributed by atoms with Crippen molar-refractivity contribution in [3.8, 4) is 5.75 Å². The number of methoxy groups -OCH3 is 1. The average molecular weight is 386 g/mol. The van der Waals surface area contributed by atoms with E-state index in [0.29, 0.717) is 5.02 Å². The number of anilines is 2. The van der Waals surface area contributed by atoms with Crippen LogP contribution in [0.5, 0.6) is 5.75 Å². The zero-order valence-corrected chi connectivity index (χ0v) is 17.4. The summed E-state index contributed by atoms with van der Waals surface area (Å²) in [5.41, 5.74) is 4.08. The maximum absolute atomic E-state index is 6.25. The van der Waals surface area contributed by atoms with E-state index in [1.807, 2.05) is 24.3 Å². The topological polar surface area (TPSA) is 37.4 Å². The van der Waals surface area contributed by atoms with Crippen LogP contribution >= 0.6 is 11.6 Å². The van der Waals surface area contributed by atoms with E-state index < -0.39 is 0 Å². The zero-order valence-electron chi connectivity index (χ0n) is 16.6. The molecular formula is C22H28ClN3O. The van der Waals surface area contributed by atoms with Crippen LogP contribution in [-0.2, 0) is 0 Å². The number of rotatable bonds is 8. The van der Waals surface area contributed by atoms with Crippen molar-refractivity contribution < 1.29 is 4.74 Å². The van der Waals surface area contributed by atoms with Crippen LogP contribution in [0.15, 0.2) is 30.3 Å². The van der Waals surface area contributed by atoms with Gasteiger partial charge in [-0.05, 0) is 50.6 Å². The summed E-state index contributed by atoms with van der Waals surface area (Å²) in [6.07, 6.45) is 2.25. The highest BCUT2D eigenvalue weighted by molar-refractivity contribution is 6.31. The molecule has 0 unspecified atom stereocenters. The first-order valence-corrected chi connectivity index (χ1v) is 10.1. The molecule has 0 aliphatic carbocycles. The molecule has 0 spiro atoms. The van der Waals surface area contributed by atoms with Crippen molar-refractivity contribution >= 4 is 44.8 Å². The molecule has 1 heterocycles. The van der Waals surface area contributed by atoms with E-state index in [2.05, 4.69) is 37.1 Å². The SMILES string of the molecule is CCCCNc1c(OC)ccc2nc3cc(Cl)ccc3c(N(CC)CC)c12. The molecule has 0 aliphatic heterocycles. The Morgan fingerprint density at radius 2 is 1.85 bits per heavy atom. The third kappa shape index (κ3) is 3.77. The predicted molar refractivity (Wildman–Crippen MR) is 118 cm³/mol. The van der Waals surface area contributed by atoms with E-state index in [4.69, 9.17) is 21.3 Å². The molecule has 1 aromatic heterocycles. The second kappa shape index (κ2) is 8.66. The summed E-state index contributed by atoms with van der Waals surface area (Å²) in [6.45, 7) is 9.30. The molecular weight excluding hydrogens is 358 g/mol. The number of fused-ring (bicyclic) bond motifs is 2. The highest BCUT2D eigenvalue weighted by Crippen LogP contribution is 2.42. The largest absolute Gasteiger partial charge is 0.495 e. The standard InChI is InChI=1S/C22H28ClN3O/c1-5-8-13-24-21-19(27-4)12-11-17-20(21)22(26(6-2)7-3)16-10-9-15(23)14-18(16)25-17/h9-12,14,24H,5-8,13H2,1-4H3. The molecule has 3 aromatic rings. The van der Waals surface area contributed by atoms with Gasteiger partial charge in [-0.3, -0.25) is 0 Å². The molecule has 0 bridgehead atoms. The number of benzene rings is 2. The van der Waals surface area contributed by atoms with E-state index in [1.54, 1.807) is 7.11 Å². The molecule has 0 saturated carbocycles. The van der Waals surface area contributed by atoms with Crippen molar-refractivity contribution in [2.24, 2.45) is 0 Å². The van der Waals surface area contributed by atoms with Crippen molar-refractivity contribution in [3.05, 3.63) is 35.4 Å². The molecule has 4 nitrogen and oxygen atoms in total. The molecule has 3 rings (SSSR count). The third-order valence-electron chi connectivity index (χ3n) is 4.97. The number of nitrogens with zero attached hydrogens (tertiary/aromatic N) is 2. The van der Waals surface area contributed by atoms with Crippen molar-refractivity contribution in [2.75, 3.05) is 37.0 Å². The number of aromatic nitrogens is 1. The molecule has 0 radical (unpaired) electrons. The number of pyridine rings is 1. The molecule has 2 aromatic carbocycles. The molecule has 0 aliphatic rings. The first-order valence-electron chi connectivity index (χ1n) is 9.73. The minimum atomic E-state index is 0.703. The van der Waals surface area contributed by atoms with Crippen molar-refractivity contribution in [2.45, 2.75) is 33.6 Å². The van der Waals surface area contributed by atoms with E-state index in [9.17, 15) is 0 Å². The number of hydrogen-bond donors (Lipinski definition) is 1. The zero-order chi connectivity index (χ0) is 19.4. The van der Waals surface area contributed by atoms with E-state index in [1.165, 1.54) is 5.69 Å². The predicted octanol–water partition coefficient (Wildman–Crippen LogP) is 6.11. The molecule has 27 heavy (non-hydrogen) atoms. The third-order valence-corrected chi connectivity index (χ3v) is 5.20. The summed E-state index contributed by atoms with van der Waals surface area (Å²) in [4.78, 5) is 7.29. The Morgan fingerprint density at radius 1 is 1.07 bits per heavy atom. The van der Waals surface area contributed by atoms with Gasteiger partial charge in [-0.25, -0.2) is 4.98 Å². The highest BCUT2D eigenvalue weighted by atomic mass is 35.5. The van der Waals surface area contributed by atoms with Gasteiger partial charge < -0.3 is 15.0 Å². The minimum Gasteiger partial charge on any atom is -0.495 e. The van der Waals surface area contributed by atoms with E-state index in [-0.39, 0.29) is 0 Å². The molecule has 0 amide bonds. The van der Waals surface area contributed by atoms with E-state index >= 15 is 0 Å². The van der Waals surface area contributed by atoms with Gasteiger partial charge in [0.1, 0.15) is 5.75 Å². The smallest absolute Gasteiger partial charge is 0.142 e. The van der Waals surface area contributed by atoms with Crippen molar-refractivity contribution in [1.82, 2.24) is 4.98 Å². The molecule has 144 valence electrons. The van der Waals surface area contributed by atoms with Crippen LogP contribution in [0.1, 0.15) is 33.6 Å². The van der Waals surface area contributed by atoms with Gasteiger partial charge in [0.15, 0.2) is 0 Å². The lowest BCUT2D eigenvalue weighted by Crippen LogP contribution is -2.23. The van der Waals surface area contributed by atoms with Gasteiger partial charge in [0.2, 0.25) is 0 Å². The summed E-state index contributed by atoms with van der Waals surface area (Å²) in [7, 11) is 1.72. The molecule has 0 fully saturated rings. The van der Waals surface area contributed by atoms with Crippen LogP contribution in [0, 0.1) is 0 Å². The van der Waals surface area contributed by atoms with Gasteiger partial charge in [-0.1, -0.05) is 24.9 Å². The summed E-state index contributed by atoms with van der Waals surface area (Å²) < 4.78 is 5.69. The Labute approximate surface area is 166 Å². The van der Waals surface area contributed by atoms with Gasteiger partial charge in [0.05, 0.1) is 34.9 Å². The fourth-order valence-corrected chi connectivity index (χ4v) is 3.74. The van der Waals surface area contributed by atoms with Gasteiger partial charge in [-0.2, -0.15) is 0 Å². The molecule has 0 saturated heterocycles. The van der Waals surface area contributed by atoms with Crippen molar-refractivity contribution in [1.29, 1.82) is 0 Å². The van der Waals surface area contributed by atoms with Crippen LogP contribution in [0.25, 0.3) is 21.8 Å². The van der Waals surface area contributed by atoms with Gasteiger partial charge >= 0.3 is 0 Å². The van der Waals surface area contributed by atoms with Crippen LogP contribution in [0.4, 0.5) is 11.4 Å². The Balaban J connectivity index is 2.39. The molecule has 5 heteroatoms. The van der Waals surface area contributed by atoms with Gasteiger partial charge in [0.25, 0.3) is 0 Å². The number of ether oxygens (including phenoxy) is 1. The van der Waals surface area contributed by atoms with Gasteiger partial charge in [-0.15, -0.1) is 0 Å². The highest BCUT2D eigenvalue weighted by Gasteiger charge is 2.19. The second-order valence-electron chi connectivity index (χ2n) is 6.61. The quantitative estimate of drug-likeness (QED) is 0.375. The lowest BCUT2D eigenvalue weighted by atomic mass is 10.0. The van der Waals surface area contributed by atoms with E-state index in [0.717, 1.165) is 65.7 Å². The summed E-state index contributed by atoms with van der Waals surface area (Å²) in [6, 6.07) is 9.98. The lowest BCUT2D eigenvalue weighted by Gasteiger charge is -2.26. The maximum atomic E-state index is 6.25. The first kappa shape index (κ1) is 19.6. The van der Waals surface area contributed by atoms with Crippen LogP contribution < -0.4 is 15.0 Å². The lowest BCUT2D eigenvalue weighted by molar-refractivity contribution is 0.417. The van der Waals surface area contributed by atoms with Crippen LogP contribution in [-0.4, -0.2) is 31.7 Å². The number of unbranched alkanes of at least 4 members (excludes halogenated alkanes) is 1. The number of hydrogen-bond acceptors (Lipinski definition) is 4. The second-order valence-corrected chi connectivity index (χ2v) is 7.05. The Bertz CT molecular complexity index is 938. The normalized spacial score (nSPS) is 11.1. The summed E-state index contributed by atoms with van der Waals surface area (Å²) in [5.74, 6) is 0.849. The Kier molecular flexibility index (Phi) is 6.27. The first-order chi connectivity index (χ1) is 13.1. The summed E-state index contributed by atoms with van der Waals surface area (Å²) in [5, 5.41) is 6.54. The average Bonchev–Trinajstić information content (AvgIpc) is 2.68. The Hall–Kier alpha value is -2.20. The molecule has 1 N–H and O–H groups in total. The van der Waals surface area contributed by atoms with Gasteiger partial charge in [0, 0.05) is 30.0 Å². The Morgan fingerprint density at radius 3 is 2.52 bits per heavy atom. The summed E-state index contributed by atoms with van der Waals surface area (Å²) >= 11 is 6.25. The molecule has 0 atom stereocenters. The number of nitrogens with one attached hydrogen (secondary N) is 1. The fourth-order valence-electron chi connectivity index (χ4n) is 3.57. The number of halogens is 1. The minimum absolute atomic E-state index is 0.703.